The summed E-state index contributed by atoms with van der Waals surface area (Å²) in [5.41, 5.74) is 2.61. The van der Waals surface area contributed by atoms with E-state index < -0.39 is 0 Å². The van der Waals surface area contributed by atoms with Gasteiger partial charge in [-0.1, -0.05) is 24.3 Å². The first-order valence-corrected chi connectivity index (χ1v) is 7.11. The first-order valence-electron chi connectivity index (χ1n) is 7.11. The van der Waals surface area contributed by atoms with E-state index in [0.29, 0.717) is 18.6 Å². The highest BCUT2D eigenvalue weighted by molar-refractivity contribution is 5.82. The predicted molar refractivity (Wildman–Crippen MR) is 72.7 cm³/mol. The fourth-order valence-electron chi connectivity index (χ4n) is 3.15. The molecule has 1 fully saturated rings. The summed E-state index contributed by atoms with van der Waals surface area (Å²) < 4.78 is 0. The number of carbonyl (C=O) groups is 2. The Morgan fingerprint density at radius 2 is 1.63 bits per heavy atom. The van der Waals surface area contributed by atoms with Gasteiger partial charge in [0.1, 0.15) is 5.78 Å². The van der Waals surface area contributed by atoms with Crippen LogP contribution in [0.5, 0.6) is 0 Å². The Hall–Kier alpha value is -1.64. The molecule has 2 aliphatic carbocycles. The van der Waals surface area contributed by atoms with Crippen LogP contribution in [0.2, 0.25) is 0 Å². The average Bonchev–Trinajstić information content (AvgIpc) is 2.85. The average molecular weight is 257 g/mol. The van der Waals surface area contributed by atoms with Crippen LogP contribution in [-0.4, -0.2) is 17.7 Å². The molecule has 1 aromatic carbocycles. The van der Waals surface area contributed by atoms with Crippen molar-refractivity contribution in [1.29, 1.82) is 0 Å². The Morgan fingerprint density at radius 1 is 1.05 bits per heavy atom. The maximum absolute atomic E-state index is 12.3. The molecule has 19 heavy (non-hydrogen) atoms. The topological polar surface area (TPSA) is 46.2 Å². The van der Waals surface area contributed by atoms with Crippen molar-refractivity contribution in [2.24, 2.45) is 5.92 Å². The number of nitrogens with one attached hydrogen (secondary N) is 1. The van der Waals surface area contributed by atoms with Gasteiger partial charge in [0, 0.05) is 24.8 Å². The molecule has 1 N–H and O–H groups in total. The molecule has 0 bridgehead atoms. The summed E-state index contributed by atoms with van der Waals surface area (Å²) in [7, 11) is 0. The summed E-state index contributed by atoms with van der Waals surface area (Å²) >= 11 is 0. The first-order chi connectivity index (χ1) is 9.22. The number of amides is 1. The van der Waals surface area contributed by atoms with Gasteiger partial charge in [0.2, 0.25) is 5.91 Å². The molecule has 0 spiro atoms. The maximum atomic E-state index is 12.3. The predicted octanol–water partition coefficient (Wildman–Crippen LogP) is 2.03. The van der Waals surface area contributed by atoms with Crippen LogP contribution in [0.3, 0.4) is 0 Å². The van der Waals surface area contributed by atoms with Crippen LogP contribution in [0.25, 0.3) is 0 Å². The third-order valence-corrected chi connectivity index (χ3v) is 4.31. The number of benzene rings is 1. The summed E-state index contributed by atoms with van der Waals surface area (Å²) in [5.74, 6) is 0.573. The van der Waals surface area contributed by atoms with Crippen LogP contribution in [0.15, 0.2) is 24.3 Å². The lowest BCUT2D eigenvalue weighted by atomic mass is 9.93. The number of hydrogen-bond donors (Lipinski definition) is 1. The Labute approximate surface area is 113 Å². The van der Waals surface area contributed by atoms with E-state index in [4.69, 9.17) is 0 Å². The van der Waals surface area contributed by atoms with Gasteiger partial charge in [0.15, 0.2) is 0 Å². The second-order valence-corrected chi connectivity index (χ2v) is 5.70. The van der Waals surface area contributed by atoms with Crippen molar-refractivity contribution in [3.05, 3.63) is 35.4 Å². The molecular weight excluding hydrogens is 238 g/mol. The number of rotatable bonds is 2. The fraction of sp³-hybridized carbons (Fsp3) is 0.500. The van der Waals surface area contributed by atoms with Crippen LogP contribution in [0.1, 0.15) is 36.8 Å². The van der Waals surface area contributed by atoms with Crippen molar-refractivity contribution in [1.82, 2.24) is 5.32 Å². The fourth-order valence-corrected chi connectivity index (χ4v) is 3.15. The largest absolute Gasteiger partial charge is 0.353 e. The highest BCUT2D eigenvalue weighted by Gasteiger charge is 2.29. The van der Waals surface area contributed by atoms with Gasteiger partial charge >= 0.3 is 0 Å². The van der Waals surface area contributed by atoms with E-state index in [1.807, 2.05) is 12.1 Å². The molecule has 1 aromatic rings. The Bertz CT molecular complexity index is 474. The van der Waals surface area contributed by atoms with E-state index in [-0.39, 0.29) is 17.9 Å². The molecule has 0 saturated heterocycles. The number of ketones is 1. The molecule has 1 saturated carbocycles. The van der Waals surface area contributed by atoms with Crippen LogP contribution in [0, 0.1) is 5.92 Å². The summed E-state index contributed by atoms with van der Waals surface area (Å²) in [6.45, 7) is 0. The molecule has 3 heteroatoms. The first kappa shape index (κ1) is 12.4. The molecule has 3 nitrogen and oxygen atoms in total. The van der Waals surface area contributed by atoms with Gasteiger partial charge in [-0.05, 0) is 36.8 Å². The van der Waals surface area contributed by atoms with Crippen LogP contribution in [-0.2, 0) is 22.4 Å². The van der Waals surface area contributed by atoms with E-state index in [0.717, 1.165) is 25.7 Å². The smallest absolute Gasteiger partial charge is 0.223 e. The standard InChI is InChI=1S/C16H19NO2/c18-15-7-5-14(6-8-15)17-16(19)13-9-11-3-1-2-4-12(11)10-13/h1-4,13-14H,5-10H2,(H,17,19). The van der Waals surface area contributed by atoms with Crippen molar-refractivity contribution in [3.63, 3.8) is 0 Å². The molecule has 2 aliphatic rings. The summed E-state index contributed by atoms with van der Waals surface area (Å²) in [6.07, 6.45) is 4.57. The van der Waals surface area contributed by atoms with Gasteiger partial charge in [-0.2, -0.15) is 0 Å². The monoisotopic (exact) mass is 257 g/mol. The Balaban J connectivity index is 1.56. The lowest BCUT2D eigenvalue weighted by Gasteiger charge is -2.23. The molecule has 0 heterocycles. The molecule has 0 atom stereocenters. The summed E-state index contributed by atoms with van der Waals surface area (Å²) in [5, 5.41) is 3.13. The maximum Gasteiger partial charge on any atom is 0.223 e. The van der Waals surface area contributed by atoms with Gasteiger partial charge in [-0.25, -0.2) is 0 Å². The second kappa shape index (κ2) is 5.16. The second-order valence-electron chi connectivity index (χ2n) is 5.70. The normalized spacial score (nSPS) is 20.3. The highest BCUT2D eigenvalue weighted by atomic mass is 16.2. The number of Topliss-reactive ketones (excluding diaryl/α,β-unsaturated/α-hetero) is 1. The third-order valence-electron chi connectivity index (χ3n) is 4.31. The summed E-state index contributed by atoms with van der Waals surface area (Å²) in [4.78, 5) is 23.5. The van der Waals surface area contributed by atoms with Gasteiger partial charge < -0.3 is 5.32 Å². The summed E-state index contributed by atoms with van der Waals surface area (Å²) in [6, 6.07) is 8.50. The Morgan fingerprint density at radius 3 is 2.21 bits per heavy atom. The molecular formula is C16H19NO2. The minimum Gasteiger partial charge on any atom is -0.353 e. The van der Waals surface area contributed by atoms with E-state index >= 15 is 0 Å². The zero-order valence-electron chi connectivity index (χ0n) is 11.0. The van der Waals surface area contributed by atoms with Gasteiger partial charge in [0.05, 0.1) is 0 Å². The molecule has 1 amide bonds. The number of hydrogen-bond acceptors (Lipinski definition) is 2. The van der Waals surface area contributed by atoms with Gasteiger partial charge in [-0.15, -0.1) is 0 Å². The molecule has 3 rings (SSSR count). The van der Waals surface area contributed by atoms with Crippen molar-refractivity contribution in [3.8, 4) is 0 Å². The minimum absolute atomic E-state index is 0.0787. The lowest BCUT2D eigenvalue weighted by molar-refractivity contribution is -0.127. The zero-order chi connectivity index (χ0) is 13.2. The van der Waals surface area contributed by atoms with E-state index in [2.05, 4.69) is 17.4 Å². The minimum atomic E-state index is 0.0787. The van der Waals surface area contributed by atoms with Crippen molar-refractivity contribution >= 4 is 11.7 Å². The SMILES string of the molecule is O=C1CCC(NC(=O)C2Cc3ccccc3C2)CC1. The van der Waals surface area contributed by atoms with Crippen molar-refractivity contribution in [2.75, 3.05) is 0 Å². The molecule has 0 unspecified atom stereocenters. The van der Waals surface area contributed by atoms with Crippen LogP contribution >= 0.6 is 0 Å². The van der Waals surface area contributed by atoms with E-state index in [1.165, 1.54) is 11.1 Å². The van der Waals surface area contributed by atoms with Crippen LogP contribution < -0.4 is 5.32 Å². The highest BCUT2D eigenvalue weighted by Crippen LogP contribution is 2.27. The van der Waals surface area contributed by atoms with Gasteiger partial charge in [-0.3, -0.25) is 9.59 Å². The number of carbonyl (C=O) groups excluding carboxylic acids is 2. The van der Waals surface area contributed by atoms with E-state index in [9.17, 15) is 9.59 Å². The molecule has 100 valence electrons. The molecule has 0 radical (unpaired) electrons. The number of fused-ring (bicyclic) bond motifs is 1. The Kier molecular flexibility index (Phi) is 3.36. The molecule has 0 aliphatic heterocycles. The van der Waals surface area contributed by atoms with Gasteiger partial charge in [0.25, 0.3) is 0 Å². The lowest BCUT2D eigenvalue weighted by Crippen LogP contribution is -2.41. The van der Waals surface area contributed by atoms with Crippen molar-refractivity contribution in [2.45, 2.75) is 44.6 Å². The van der Waals surface area contributed by atoms with Crippen LogP contribution in [0.4, 0.5) is 0 Å². The third kappa shape index (κ3) is 2.70. The quantitative estimate of drug-likeness (QED) is 0.881. The zero-order valence-corrected chi connectivity index (χ0v) is 11.0. The van der Waals surface area contributed by atoms with E-state index in [1.54, 1.807) is 0 Å². The molecule has 0 aromatic heterocycles. The van der Waals surface area contributed by atoms with Crippen molar-refractivity contribution < 1.29 is 9.59 Å².